The average molecular weight is 342 g/mol. The van der Waals surface area contributed by atoms with Gasteiger partial charge in [0.1, 0.15) is 11.6 Å². The maximum absolute atomic E-state index is 12.3. The van der Waals surface area contributed by atoms with Crippen molar-refractivity contribution in [1.29, 1.82) is 5.26 Å². The molecule has 134 valence electrons. The molecule has 2 heterocycles. The minimum absolute atomic E-state index is 0.0494. The molecule has 25 heavy (non-hydrogen) atoms. The molecule has 1 aliphatic carbocycles. The maximum atomic E-state index is 12.3. The van der Waals surface area contributed by atoms with Gasteiger partial charge < -0.3 is 15.2 Å². The highest BCUT2D eigenvalue weighted by atomic mass is 16.1. The number of hydrogen-bond acceptors (Lipinski definition) is 4. The van der Waals surface area contributed by atoms with E-state index in [2.05, 4.69) is 15.2 Å². The smallest absolute Gasteiger partial charge is 0.266 e. The number of H-pyrrole nitrogens is 1. The van der Waals surface area contributed by atoms with Crippen molar-refractivity contribution < 1.29 is 4.79 Å². The Balaban J connectivity index is 1.53. The number of nitriles is 1. The van der Waals surface area contributed by atoms with Crippen LogP contribution in [0, 0.1) is 25.2 Å². The highest BCUT2D eigenvalue weighted by molar-refractivity contribution is 5.76. The normalized spacial score (nSPS) is 18.8. The molecule has 6 heteroatoms. The van der Waals surface area contributed by atoms with Crippen molar-refractivity contribution in [3.63, 3.8) is 0 Å². The Bertz CT molecular complexity index is 750. The van der Waals surface area contributed by atoms with Gasteiger partial charge in [0.25, 0.3) is 5.56 Å². The first-order chi connectivity index (χ1) is 12.0. The summed E-state index contributed by atoms with van der Waals surface area (Å²) in [5, 5.41) is 12.3. The van der Waals surface area contributed by atoms with Crippen molar-refractivity contribution in [1.82, 2.24) is 15.2 Å². The van der Waals surface area contributed by atoms with Gasteiger partial charge in [-0.1, -0.05) is 0 Å². The van der Waals surface area contributed by atoms with Crippen LogP contribution in [0.15, 0.2) is 4.79 Å². The molecule has 0 radical (unpaired) electrons. The van der Waals surface area contributed by atoms with Crippen LogP contribution < -0.4 is 10.9 Å². The Morgan fingerprint density at radius 2 is 1.96 bits per heavy atom. The summed E-state index contributed by atoms with van der Waals surface area (Å²) in [6.07, 6.45) is 5.63. The molecular formula is C19H26N4O2. The summed E-state index contributed by atoms with van der Waals surface area (Å²) in [4.78, 5) is 29.3. The summed E-state index contributed by atoms with van der Waals surface area (Å²) in [5.41, 5.74) is 2.12. The van der Waals surface area contributed by atoms with Gasteiger partial charge >= 0.3 is 0 Å². The van der Waals surface area contributed by atoms with Gasteiger partial charge in [0, 0.05) is 37.3 Å². The number of carbonyl (C=O) groups is 1. The van der Waals surface area contributed by atoms with Crippen molar-refractivity contribution in [2.24, 2.45) is 0 Å². The SMILES string of the molecule is Cc1[nH]c(=O)c(C#N)c(C)c1CCC(=O)NC1CCN(C2CC2)CC1. The van der Waals surface area contributed by atoms with E-state index in [0.29, 0.717) is 18.4 Å². The molecule has 3 rings (SSSR count). The zero-order valence-corrected chi connectivity index (χ0v) is 15.0. The quantitative estimate of drug-likeness (QED) is 0.849. The molecule has 2 fully saturated rings. The third kappa shape index (κ3) is 4.10. The second-order valence-electron chi connectivity index (χ2n) is 7.28. The van der Waals surface area contributed by atoms with Crippen LogP contribution in [0.2, 0.25) is 0 Å². The minimum atomic E-state index is -0.354. The first-order valence-corrected chi connectivity index (χ1v) is 9.15. The zero-order chi connectivity index (χ0) is 18.0. The van der Waals surface area contributed by atoms with E-state index in [1.54, 1.807) is 6.92 Å². The lowest BCUT2D eigenvalue weighted by Crippen LogP contribution is -2.45. The lowest BCUT2D eigenvalue weighted by Gasteiger charge is -2.32. The lowest BCUT2D eigenvalue weighted by molar-refractivity contribution is -0.122. The van der Waals surface area contributed by atoms with E-state index in [9.17, 15) is 9.59 Å². The van der Waals surface area contributed by atoms with E-state index >= 15 is 0 Å². The number of hydrogen-bond donors (Lipinski definition) is 2. The molecule has 0 unspecified atom stereocenters. The molecule has 0 atom stereocenters. The molecule has 1 aliphatic heterocycles. The second-order valence-corrected chi connectivity index (χ2v) is 7.28. The number of pyridine rings is 1. The number of nitrogens with one attached hydrogen (secondary N) is 2. The van der Waals surface area contributed by atoms with E-state index < -0.39 is 0 Å². The average Bonchev–Trinajstić information content (AvgIpc) is 3.40. The first kappa shape index (κ1) is 17.7. The molecule has 1 saturated carbocycles. The van der Waals surface area contributed by atoms with Gasteiger partial charge in [-0.25, -0.2) is 0 Å². The van der Waals surface area contributed by atoms with Crippen molar-refractivity contribution in [2.75, 3.05) is 13.1 Å². The highest BCUT2D eigenvalue weighted by Gasteiger charge is 2.32. The second kappa shape index (κ2) is 7.40. The topological polar surface area (TPSA) is 89.0 Å². The molecule has 1 amide bonds. The predicted molar refractivity (Wildman–Crippen MR) is 95.3 cm³/mol. The number of rotatable bonds is 5. The molecule has 0 bridgehead atoms. The Hall–Kier alpha value is -2.13. The molecule has 0 spiro atoms. The van der Waals surface area contributed by atoms with Crippen molar-refractivity contribution in [3.05, 3.63) is 32.7 Å². The van der Waals surface area contributed by atoms with Gasteiger partial charge in [0.15, 0.2) is 0 Å². The van der Waals surface area contributed by atoms with E-state index in [1.165, 1.54) is 12.8 Å². The largest absolute Gasteiger partial charge is 0.353 e. The van der Waals surface area contributed by atoms with Gasteiger partial charge in [0.2, 0.25) is 5.91 Å². The molecular weight excluding hydrogens is 316 g/mol. The Morgan fingerprint density at radius 1 is 1.28 bits per heavy atom. The molecule has 2 aliphatic rings. The van der Waals surface area contributed by atoms with Gasteiger partial charge in [-0.2, -0.15) is 5.26 Å². The first-order valence-electron chi connectivity index (χ1n) is 9.15. The molecule has 2 N–H and O–H groups in total. The van der Waals surface area contributed by atoms with Crippen LogP contribution in [0.5, 0.6) is 0 Å². The van der Waals surface area contributed by atoms with E-state index in [-0.39, 0.29) is 23.1 Å². The van der Waals surface area contributed by atoms with Crippen molar-refractivity contribution in [3.8, 4) is 6.07 Å². The summed E-state index contributed by atoms with van der Waals surface area (Å²) in [7, 11) is 0. The maximum Gasteiger partial charge on any atom is 0.266 e. The van der Waals surface area contributed by atoms with Crippen LogP contribution in [-0.2, 0) is 11.2 Å². The van der Waals surface area contributed by atoms with Crippen molar-refractivity contribution in [2.45, 2.75) is 64.5 Å². The number of aryl methyl sites for hydroxylation is 1. The summed E-state index contributed by atoms with van der Waals surface area (Å²) >= 11 is 0. The fourth-order valence-electron chi connectivity index (χ4n) is 3.81. The third-order valence-electron chi connectivity index (χ3n) is 5.48. The summed E-state index contributed by atoms with van der Waals surface area (Å²) in [6, 6.07) is 3.03. The van der Waals surface area contributed by atoms with Gasteiger partial charge in [-0.3, -0.25) is 9.59 Å². The molecule has 1 aromatic rings. The molecule has 1 saturated heterocycles. The van der Waals surface area contributed by atoms with E-state index in [1.807, 2.05) is 13.0 Å². The Kier molecular flexibility index (Phi) is 5.24. The van der Waals surface area contributed by atoms with Gasteiger partial charge in [-0.15, -0.1) is 0 Å². The van der Waals surface area contributed by atoms with Gasteiger partial charge in [0.05, 0.1) is 0 Å². The zero-order valence-electron chi connectivity index (χ0n) is 15.0. The number of piperidine rings is 1. The fraction of sp³-hybridized carbons (Fsp3) is 0.632. The standard InChI is InChI=1S/C19H26N4O2/c1-12-16(13(2)21-19(25)17(12)11-20)5-6-18(24)22-14-7-9-23(10-8-14)15-3-4-15/h14-15H,3-10H2,1-2H3,(H,21,25)(H,22,24). The van der Waals surface area contributed by atoms with Gasteiger partial charge in [-0.05, 0) is 57.1 Å². The Morgan fingerprint density at radius 3 is 2.56 bits per heavy atom. The lowest BCUT2D eigenvalue weighted by atomic mass is 9.98. The number of aromatic amines is 1. The fourth-order valence-corrected chi connectivity index (χ4v) is 3.81. The van der Waals surface area contributed by atoms with Crippen LogP contribution in [-0.4, -0.2) is 41.0 Å². The van der Waals surface area contributed by atoms with E-state index in [4.69, 9.17) is 5.26 Å². The molecule has 0 aromatic carbocycles. The minimum Gasteiger partial charge on any atom is -0.353 e. The summed E-state index contributed by atoms with van der Waals surface area (Å²) in [5.74, 6) is 0.0494. The number of likely N-dealkylation sites (tertiary alicyclic amines) is 1. The summed E-state index contributed by atoms with van der Waals surface area (Å²) in [6.45, 7) is 5.76. The third-order valence-corrected chi connectivity index (χ3v) is 5.48. The van der Waals surface area contributed by atoms with Crippen LogP contribution >= 0.6 is 0 Å². The van der Waals surface area contributed by atoms with Crippen LogP contribution in [0.4, 0.5) is 0 Å². The number of amides is 1. The number of carbonyl (C=O) groups excluding carboxylic acids is 1. The van der Waals surface area contributed by atoms with Crippen molar-refractivity contribution >= 4 is 5.91 Å². The molecule has 6 nitrogen and oxygen atoms in total. The Labute approximate surface area is 148 Å². The summed E-state index contributed by atoms with van der Waals surface area (Å²) < 4.78 is 0. The van der Waals surface area contributed by atoms with Crippen LogP contribution in [0.25, 0.3) is 0 Å². The van der Waals surface area contributed by atoms with E-state index in [0.717, 1.165) is 43.2 Å². The number of aromatic nitrogens is 1. The molecule has 1 aromatic heterocycles. The predicted octanol–water partition coefficient (Wildman–Crippen LogP) is 1.54. The van der Waals surface area contributed by atoms with Crippen LogP contribution in [0.1, 0.15) is 54.5 Å². The highest BCUT2D eigenvalue weighted by Crippen LogP contribution is 2.29. The van der Waals surface area contributed by atoms with Crippen LogP contribution in [0.3, 0.4) is 0 Å². The number of nitrogens with zero attached hydrogens (tertiary/aromatic N) is 2. The monoisotopic (exact) mass is 342 g/mol.